The molecule has 0 aliphatic rings. The van der Waals surface area contributed by atoms with Crippen molar-refractivity contribution in [3.63, 3.8) is 0 Å². The van der Waals surface area contributed by atoms with Crippen molar-refractivity contribution in [1.82, 2.24) is 14.5 Å². The zero-order valence-corrected chi connectivity index (χ0v) is 18.1. The highest BCUT2D eigenvalue weighted by Crippen LogP contribution is 2.29. The van der Waals surface area contributed by atoms with Crippen LogP contribution in [0, 0.1) is 6.92 Å². The molecule has 0 fully saturated rings. The molecule has 2 aromatic carbocycles. The van der Waals surface area contributed by atoms with Crippen LogP contribution in [0.25, 0.3) is 11.0 Å². The van der Waals surface area contributed by atoms with E-state index < -0.39 is 6.03 Å². The Balaban J connectivity index is 1.61. The normalized spacial score (nSPS) is 11.0. The maximum Gasteiger partial charge on any atom is 0.323 e. The van der Waals surface area contributed by atoms with E-state index in [9.17, 15) is 9.59 Å². The summed E-state index contributed by atoms with van der Waals surface area (Å²) in [4.78, 5) is 34.1. The molecule has 2 amide bonds. The minimum Gasteiger partial charge on any atom is -0.383 e. The summed E-state index contributed by atoms with van der Waals surface area (Å²) in [6.07, 6.45) is 3.15. The molecule has 4 N–H and O–H groups in total. The van der Waals surface area contributed by atoms with Crippen LogP contribution in [-0.2, 0) is 0 Å². The Morgan fingerprint density at radius 3 is 2.38 bits per heavy atom. The van der Waals surface area contributed by atoms with Crippen LogP contribution in [0.4, 0.5) is 22.0 Å². The number of hydrogen-bond acceptors (Lipinski definition) is 5. The van der Waals surface area contributed by atoms with Crippen molar-refractivity contribution in [3.8, 4) is 0 Å². The first kappa shape index (κ1) is 21.0. The lowest BCUT2D eigenvalue weighted by Crippen LogP contribution is -2.19. The molecular weight excluding hydrogens is 404 g/mol. The molecule has 8 nitrogen and oxygen atoms in total. The zero-order chi connectivity index (χ0) is 22.8. The minimum atomic E-state index is -0.394. The van der Waals surface area contributed by atoms with E-state index in [0.717, 1.165) is 5.56 Å². The van der Waals surface area contributed by atoms with Gasteiger partial charge in [-0.05, 0) is 50.6 Å². The van der Waals surface area contributed by atoms with Gasteiger partial charge in [0.1, 0.15) is 17.8 Å². The van der Waals surface area contributed by atoms with E-state index in [1.165, 1.54) is 6.33 Å². The fourth-order valence-electron chi connectivity index (χ4n) is 3.58. The first-order chi connectivity index (χ1) is 15.3. The molecule has 4 aromatic rings. The van der Waals surface area contributed by atoms with E-state index in [2.05, 4.69) is 20.6 Å². The molecule has 0 aliphatic carbocycles. The van der Waals surface area contributed by atoms with Crippen molar-refractivity contribution in [2.45, 2.75) is 26.8 Å². The van der Waals surface area contributed by atoms with Crippen LogP contribution >= 0.6 is 0 Å². The van der Waals surface area contributed by atoms with Gasteiger partial charge in [0.2, 0.25) is 0 Å². The number of benzene rings is 2. The summed E-state index contributed by atoms with van der Waals surface area (Å²) in [7, 11) is 0. The maximum absolute atomic E-state index is 13.4. The molecule has 2 heterocycles. The Hall–Kier alpha value is -4.20. The highest BCUT2D eigenvalue weighted by molar-refractivity contribution is 6.18. The third kappa shape index (κ3) is 4.15. The largest absolute Gasteiger partial charge is 0.383 e. The van der Waals surface area contributed by atoms with Crippen LogP contribution in [0.15, 0.2) is 61.1 Å². The van der Waals surface area contributed by atoms with Gasteiger partial charge in [-0.1, -0.05) is 24.3 Å². The number of carbonyl (C=O) groups excluding carboxylic acids is 2. The van der Waals surface area contributed by atoms with E-state index in [1.807, 2.05) is 49.6 Å². The van der Waals surface area contributed by atoms with Crippen LogP contribution < -0.4 is 16.4 Å². The van der Waals surface area contributed by atoms with Crippen molar-refractivity contribution in [1.29, 1.82) is 0 Å². The van der Waals surface area contributed by atoms with Crippen molar-refractivity contribution in [2.75, 3.05) is 16.4 Å². The fraction of sp³-hybridized carbons (Fsp3) is 0.167. The van der Waals surface area contributed by atoms with Crippen molar-refractivity contribution in [3.05, 3.63) is 77.7 Å². The molecule has 2 aromatic heterocycles. The SMILES string of the molecule is Cc1cccc(NC(=O)Nc2cccc(C(=O)c3cn(C(C)C)c4ncnc(N)c34)c2)c1. The van der Waals surface area contributed by atoms with Crippen LogP contribution in [0.5, 0.6) is 0 Å². The molecule has 0 bridgehead atoms. The number of fused-ring (bicyclic) bond motifs is 1. The van der Waals surface area contributed by atoms with E-state index in [0.29, 0.717) is 33.5 Å². The quantitative estimate of drug-likeness (QED) is 0.396. The molecule has 32 heavy (non-hydrogen) atoms. The molecule has 162 valence electrons. The number of aryl methyl sites for hydroxylation is 1. The van der Waals surface area contributed by atoms with E-state index in [4.69, 9.17) is 5.73 Å². The molecule has 0 aliphatic heterocycles. The first-order valence-electron chi connectivity index (χ1n) is 10.2. The Morgan fingerprint density at radius 2 is 1.69 bits per heavy atom. The topological polar surface area (TPSA) is 115 Å². The van der Waals surface area contributed by atoms with Gasteiger partial charge in [0.25, 0.3) is 0 Å². The van der Waals surface area contributed by atoms with Crippen molar-refractivity contribution < 1.29 is 9.59 Å². The number of ketones is 1. The van der Waals surface area contributed by atoms with Crippen molar-refractivity contribution >= 4 is 40.0 Å². The minimum absolute atomic E-state index is 0.0895. The number of nitrogens with two attached hydrogens (primary N) is 1. The summed E-state index contributed by atoms with van der Waals surface area (Å²) in [5, 5.41) is 6.09. The predicted octanol–water partition coefficient (Wildman–Crippen LogP) is 4.78. The Labute approximate surface area is 185 Å². The predicted molar refractivity (Wildman–Crippen MR) is 126 cm³/mol. The highest BCUT2D eigenvalue weighted by Gasteiger charge is 2.21. The van der Waals surface area contributed by atoms with Gasteiger partial charge in [-0.15, -0.1) is 0 Å². The van der Waals surface area contributed by atoms with Gasteiger partial charge in [0, 0.05) is 29.2 Å². The van der Waals surface area contributed by atoms with Gasteiger partial charge in [0.15, 0.2) is 5.78 Å². The van der Waals surface area contributed by atoms with Gasteiger partial charge in [0.05, 0.1) is 10.9 Å². The Morgan fingerprint density at radius 1 is 1.00 bits per heavy atom. The number of amides is 2. The average Bonchev–Trinajstić information content (AvgIpc) is 3.15. The van der Waals surface area contributed by atoms with Gasteiger partial charge in [-0.3, -0.25) is 4.79 Å². The Bertz CT molecular complexity index is 1330. The molecule has 8 heteroatoms. The summed E-state index contributed by atoms with van der Waals surface area (Å²) >= 11 is 0. The maximum atomic E-state index is 13.4. The van der Waals surface area contributed by atoms with E-state index in [-0.39, 0.29) is 17.6 Å². The number of anilines is 3. The highest BCUT2D eigenvalue weighted by atomic mass is 16.2. The molecule has 0 unspecified atom stereocenters. The number of nitrogen functional groups attached to an aromatic ring is 1. The number of hydrogen-bond donors (Lipinski definition) is 3. The standard InChI is InChI=1S/C24H24N6O2/c1-14(2)30-12-19(20-22(25)26-13-27-23(20)30)21(31)16-7-5-9-18(11-16)29-24(32)28-17-8-4-6-15(3)10-17/h4-14H,1-3H3,(H2,25,26,27)(H2,28,29,32). The third-order valence-corrected chi connectivity index (χ3v) is 5.10. The van der Waals surface area contributed by atoms with Crippen LogP contribution in [0.1, 0.15) is 41.4 Å². The number of nitrogens with zero attached hydrogens (tertiary/aromatic N) is 3. The second-order valence-corrected chi connectivity index (χ2v) is 7.86. The second-order valence-electron chi connectivity index (χ2n) is 7.86. The van der Waals surface area contributed by atoms with Crippen LogP contribution in [0.2, 0.25) is 0 Å². The summed E-state index contributed by atoms with van der Waals surface area (Å²) in [6.45, 7) is 5.96. The molecule has 0 atom stereocenters. The van der Waals surface area contributed by atoms with Crippen molar-refractivity contribution in [2.24, 2.45) is 0 Å². The van der Waals surface area contributed by atoms with Gasteiger partial charge in [-0.25, -0.2) is 14.8 Å². The monoisotopic (exact) mass is 428 g/mol. The fourth-order valence-corrected chi connectivity index (χ4v) is 3.58. The molecule has 0 saturated carbocycles. The molecule has 0 spiro atoms. The zero-order valence-electron chi connectivity index (χ0n) is 18.1. The summed E-state index contributed by atoms with van der Waals surface area (Å²) in [6, 6.07) is 14.0. The molecule has 0 saturated heterocycles. The van der Waals surface area contributed by atoms with E-state index in [1.54, 1.807) is 30.5 Å². The molecular formula is C24H24N6O2. The number of carbonyl (C=O) groups is 2. The van der Waals surface area contributed by atoms with E-state index >= 15 is 0 Å². The Kier molecular flexibility index (Phi) is 5.59. The molecule has 0 radical (unpaired) electrons. The average molecular weight is 428 g/mol. The second kappa shape index (κ2) is 8.50. The lowest BCUT2D eigenvalue weighted by molar-refractivity contribution is 0.104. The van der Waals surface area contributed by atoms with Crippen LogP contribution in [-0.4, -0.2) is 26.3 Å². The number of aromatic nitrogens is 3. The molecule has 4 rings (SSSR count). The van der Waals surface area contributed by atoms with Gasteiger partial charge < -0.3 is 20.9 Å². The summed E-state index contributed by atoms with van der Waals surface area (Å²) < 4.78 is 1.90. The van der Waals surface area contributed by atoms with Crippen LogP contribution in [0.3, 0.4) is 0 Å². The summed E-state index contributed by atoms with van der Waals surface area (Å²) in [5.41, 5.74) is 9.77. The number of rotatable bonds is 5. The number of nitrogens with one attached hydrogen (secondary N) is 2. The number of urea groups is 1. The third-order valence-electron chi connectivity index (χ3n) is 5.10. The first-order valence-corrected chi connectivity index (χ1v) is 10.2. The lowest BCUT2D eigenvalue weighted by Gasteiger charge is -2.09. The van der Waals surface area contributed by atoms with Gasteiger partial charge in [-0.2, -0.15) is 0 Å². The van der Waals surface area contributed by atoms with Gasteiger partial charge >= 0.3 is 6.03 Å². The lowest BCUT2D eigenvalue weighted by atomic mass is 10.0. The smallest absolute Gasteiger partial charge is 0.323 e. The summed E-state index contributed by atoms with van der Waals surface area (Å²) in [5.74, 6) is 0.0307.